The summed E-state index contributed by atoms with van der Waals surface area (Å²) < 4.78 is 21.3. The summed E-state index contributed by atoms with van der Waals surface area (Å²) >= 11 is 0. The smallest absolute Gasteiger partial charge is 0.338 e. The van der Waals surface area contributed by atoms with Crippen LogP contribution in [0.5, 0.6) is 17.2 Å². The number of benzene rings is 2. The fourth-order valence-electron chi connectivity index (χ4n) is 2.65. The van der Waals surface area contributed by atoms with Crippen molar-refractivity contribution in [2.24, 2.45) is 0 Å². The molecule has 0 radical (unpaired) electrons. The van der Waals surface area contributed by atoms with Crippen molar-refractivity contribution < 1.29 is 28.5 Å². The number of carbonyl (C=O) groups excluding carboxylic acids is 2. The highest BCUT2D eigenvalue weighted by molar-refractivity contribution is 5.92. The highest BCUT2D eigenvalue weighted by atomic mass is 16.5. The van der Waals surface area contributed by atoms with Crippen molar-refractivity contribution in [3.05, 3.63) is 53.1 Å². The van der Waals surface area contributed by atoms with E-state index in [0.29, 0.717) is 31.3 Å². The van der Waals surface area contributed by atoms with Gasteiger partial charge in [-0.15, -0.1) is 0 Å². The monoisotopic (exact) mass is 401 g/mol. The lowest BCUT2D eigenvalue weighted by Gasteiger charge is -2.12. The van der Waals surface area contributed by atoms with Crippen LogP contribution in [0.1, 0.15) is 28.4 Å². The van der Waals surface area contributed by atoms with E-state index in [-0.39, 0.29) is 12.2 Å². The Bertz CT molecular complexity index is 849. The van der Waals surface area contributed by atoms with Gasteiger partial charge in [0.15, 0.2) is 18.1 Å². The second-order valence-corrected chi connectivity index (χ2v) is 6.34. The highest BCUT2D eigenvalue weighted by Crippen LogP contribution is 2.28. The molecule has 0 aliphatic heterocycles. The molecule has 1 N–H and O–H groups in total. The third kappa shape index (κ3) is 6.71. The largest absolute Gasteiger partial charge is 0.493 e. The zero-order valence-electron chi connectivity index (χ0n) is 17.2. The second kappa shape index (κ2) is 10.9. The fourth-order valence-corrected chi connectivity index (χ4v) is 2.65. The standard InChI is InChI=1S/C22H27NO6/c1-5-27-20-13-17(7-9-19(20)26-4)22(25)29-14-21(24)23-10-11-28-18-8-6-15(2)12-16(18)3/h6-9,12-13H,5,10-11,14H2,1-4H3,(H,23,24). The summed E-state index contributed by atoms with van der Waals surface area (Å²) in [5.41, 5.74) is 2.48. The molecule has 0 saturated heterocycles. The number of nitrogens with one attached hydrogen (secondary N) is 1. The minimum Gasteiger partial charge on any atom is -0.493 e. The molecule has 7 nitrogen and oxygen atoms in total. The Hall–Kier alpha value is -3.22. The summed E-state index contributed by atoms with van der Waals surface area (Å²) in [5, 5.41) is 2.65. The third-order valence-corrected chi connectivity index (χ3v) is 4.05. The van der Waals surface area contributed by atoms with Gasteiger partial charge in [-0.1, -0.05) is 17.7 Å². The van der Waals surface area contributed by atoms with E-state index in [4.69, 9.17) is 18.9 Å². The lowest BCUT2D eigenvalue weighted by Crippen LogP contribution is -2.32. The van der Waals surface area contributed by atoms with E-state index in [9.17, 15) is 9.59 Å². The lowest BCUT2D eigenvalue weighted by molar-refractivity contribution is -0.124. The Labute approximate surface area is 170 Å². The van der Waals surface area contributed by atoms with E-state index in [2.05, 4.69) is 5.32 Å². The van der Waals surface area contributed by atoms with Crippen molar-refractivity contribution in [1.29, 1.82) is 0 Å². The Morgan fingerprint density at radius 1 is 0.966 bits per heavy atom. The maximum Gasteiger partial charge on any atom is 0.338 e. The molecule has 0 bridgehead atoms. The van der Waals surface area contributed by atoms with Gasteiger partial charge < -0.3 is 24.3 Å². The van der Waals surface area contributed by atoms with Crippen molar-refractivity contribution in [2.45, 2.75) is 20.8 Å². The Morgan fingerprint density at radius 2 is 1.72 bits per heavy atom. The number of hydrogen-bond acceptors (Lipinski definition) is 6. The normalized spacial score (nSPS) is 10.2. The predicted octanol–water partition coefficient (Wildman–Crippen LogP) is 3.06. The molecule has 0 saturated carbocycles. The summed E-state index contributed by atoms with van der Waals surface area (Å²) in [6.45, 7) is 6.50. The van der Waals surface area contributed by atoms with E-state index in [1.54, 1.807) is 12.1 Å². The van der Waals surface area contributed by atoms with E-state index >= 15 is 0 Å². The van der Waals surface area contributed by atoms with Gasteiger partial charge in [0.2, 0.25) is 0 Å². The van der Waals surface area contributed by atoms with Crippen LogP contribution in [-0.2, 0) is 9.53 Å². The van der Waals surface area contributed by atoms with E-state index in [0.717, 1.165) is 16.9 Å². The van der Waals surface area contributed by atoms with Crippen LogP contribution in [0.15, 0.2) is 36.4 Å². The topological polar surface area (TPSA) is 83.1 Å². The molecule has 0 fully saturated rings. The van der Waals surface area contributed by atoms with Gasteiger partial charge >= 0.3 is 5.97 Å². The highest BCUT2D eigenvalue weighted by Gasteiger charge is 2.14. The van der Waals surface area contributed by atoms with Crippen LogP contribution in [0.2, 0.25) is 0 Å². The van der Waals surface area contributed by atoms with Crippen LogP contribution in [0, 0.1) is 13.8 Å². The van der Waals surface area contributed by atoms with E-state index in [1.165, 1.54) is 13.2 Å². The summed E-state index contributed by atoms with van der Waals surface area (Å²) in [5.74, 6) is 0.722. The van der Waals surface area contributed by atoms with Crippen LogP contribution in [0.3, 0.4) is 0 Å². The van der Waals surface area contributed by atoms with Crippen molar-refractivity contribution in [2.75, 3.05) is 33.5 Å². The molecule has 0 atom stereocenters. The first kappa shape index (κ1) is 22.1. The van der Waals surface area contributed by atoms with E-state index in [1.807, 2.05) is 39.0 Å². The molecule has 0 spiro atoms. The van der Waals surface area contributed by atoms with Crippen molar-refractivity contribution in [1.82, 2.24) is 5.32 Å². The van der Waals surface area contributed by atoms with Crippen LogP contribution in [0.25, 0.3) is 0 Å². The van der Waals surface area contributed by atoms with Gasteiger partial charge in [0.1, 0.15) is 12.4 Å². The predicted molar refractivity (Wildman–Crippen MR) is 109 cm³/mol. The zero-order chi connectivity index (χ0) is 21.2. The number of hydrogen-bond donors (Lipinski definition) is 1. The Balaban J connectivity index is 1.75. The van der Waals surface area contributed by atoms with Crippen molar-refractivity contribution >= 4 is 11.9 Å². The molecule has 0 unspecified atom stereocenters. The number of carbonyl (C=O) groups is 2. The first-order chi connectivity index (χ1) is 13.9. The maximum absolute atomic E-state index is 12.2. The number of amides is 1. The average Bonchev–Trinajstić information content (AvgIpc) is 2.71. The molecule has 2 aromatic rings. The van der Waals surface area contributed by atoms with Gasteiger partial charge in [0.25, 0.3) is 5.91 Å². The van der Waals surface area contributed by atoms with Crippen LogP contribution in [0.4, 0.5) is 0 Å². The Kier molecular flexibility index (Phi) is 8.33. The summed E-state index contributed by atoms with van der Waals surface area (Å²) in [6, 6.07) is 10.6. The number of esters is 1. The molecule has 1 amide bonds. The van der Waals surface area contributed by atoms with Crippen LogP contribution in [-0.4, -0.2) is 45.4 Å². The molecule has 0 aromatic heterocycles. The van der Waals surface area contributed by atoms with Gasteiger partial charge in [0, 0.05) is 0 Å². The number of rotatable bonds is 10. The molecule has 29 heavy (non-hydrogen) atoms. The minimum absolute atomic E-state index is 0.278. The summed E-state index contributed by atoms with van der Waals surface area (Å²) in [7, 11) is 1.52. The van der Waals surface area contributed by atoms with Gasteiger partial charge in [0.05, 0.1) is 25.8 Å². The quantitative estimate of drug-likeness (QED) is 0.487. The average molecular weight is 401 g/mol. The molecule has 156 valence electrons. The minimum atomic E-state index is -0.615. The van der Waals surface area contributed by atoms with Gasteiger partial charge in [-0.25, -0.2) is 4.79 Å². The SMILES string of the molecule is CCOc1cc(C(=O)OCC(=O)NCCOc2ccc(C)cc2C)ccc1OC. The molecule has 2 aromatic carbocycles. The summed E-state index contributed by atoms with van der Waals surface area (Å²) in [4.78, 5) is 24.0. The maximum atomic E-state index is 12.2. The Morgan fingerprint density at radius 3 is 2.41 bits per heavy atom. The number of ether oxygens (including phenoxy) is 4. The second-order valence-electron chi connectivity index (χ2n) is 6.34. The molecular formula is C22H27NO6. The molecule has 0 aliphatic carbocycles. The summed E-state index contributed by atoms with van der Waals surface area (Å²) in [6.07, 6.45) is 0. The van der Waals surface area contributed by atoms with Gasteiger partial charge in [-0.2, -0.15) is 0 Å². The van der Waals surface area contributed by atoms with Crippen molar-refractivity contribution in [3.63, 3.8) is 0 Å². The fraction of sp³-hybridized carbons (Fsp3) is 0.364. The number of aryl methyl sites for hydroxylation is 2. The molecule has 0 aliphatic rings. The van der Waals surface area contributed by atoms with E-state index < -0.39 is 11.9 Å². The van der Waals surface area contributed by atoms with Gasteiger partial charge in [-0.3, -0.25) is 4.79 Å². The van der Waals surface area contributed by atoms with Crippen molar-refractivity contribution in [3.8, 4) is 17.2 Å². The first-order valence-corrected chi connectivity index (χ1v) is 9.39. The molecule has 0 heterocycles. The van der Waals surface area contributed by atoms with Crippen LogP contribution >= 0.6 is 0 Å². The van der Waals surface area contributed by atoms with Crippen LogP contribution < -0.4 is 19.5 Å². The molecular weight excluding hydrogens is 374 g/mol. The van der Waals surface area contributed by atoms with Gasteiger partial charge in [-0.05, 0) is 50.6 Å². The molecule has 7 heteroatoms. The lowest BCUT2D eigenvalue weighted by atomic mass is 10.1. The third-order valence-electron chi connectivity index (χ3n) is 4.05. The number of methoxy groups -OCH3 is 1. The molecule has 2 rings (SSSR count). The first-order valence-electron chi connectivity index (χ1n) is 9.39. The zero-order valence-corrected chi connectivity index (χ0v) is 17.2.